The van der Waals surface area contributed by atoms with Crippen molar-refractivity contribution in [2.45, 2.75) is 159 Å². The van der Waals surface area contributed by atoms with Crippen LogP contribution in [0.15, 0.2) is 103 Å². The van der Waals surface area contributed by atoms with E-state index in [0.29, 0.717) is 49.3 Å². The van der Waals surface area contributed by atoms with Crippen LogP contribution in [0, 0.1) is 17.3 Å². The summed E-state index contributed by atoms with van der Waals surface area (Å²) in [7, 11) is -3.17. The molecular weight excluding hydrogens is 1290 g/mol. The van der Waals surface area contributed by atoms with Gasteiger partial charge in [0.25, 0.3) is 0 Å². The average molecular weight is 1390 g/mol. The van der Waals surface area contributed by atoms with Crippen LogP contribution in [0.1, 0.15) is 134 Å². The SMILES string of the molecule is C.C.C.C.C.CC1(C)C2C[C@H]1C[C@H]1OB([C@@H]3CCCN3C(=O)CN)O[C@@]21C.Cl.O=C(CCCCCN(Cc1ccc2ccccc2n1)Cc1ccc2ccccc2n1)NCC(=O)N1CCC[C@H]1B(O)O.OB(O)c1ccccc1.[CH-]=O.[CH-]=O.[CH-]=O.[Re]. The van der Waals surface area contributed by atoms with E-state index in [0.717, 1.165) is 97.1 Å². The van der Waals surface area contributed by atoms with Crippen molar-refractivity contribution in [3.63, 3.8) is 0 Å². The van der Waals surface area contributed by atoms with Crippen molar-refractivity contribution in [1.82, 2.24) is 30.0 Å². The van der Waals surface area contributed by atoms with Gasteiger partial charge in [0.05, 0.1) is 59.1 Å². The van der Waals surface area contributed by atoms with Gasteiger partial charge in [-0.3, -0.25) is 49.6 Å². The number of nitrogens with zero attached hydrogens (tertiary/aromatic N) is 5. The van der Waals surface area contributed by atoms with Gasteiger partial charge in [0.15, 0.2) is 0 Å². The quantitative estimate of drug-likeness (QED) is 0.0256. The Balaban J connectivity index is -0.00000132. The number of nitrogens with two attached hydrogens (primary N) is 1. The number of amides is 3. The molecule has 24 heteroatoms. The third-order valence-electron chi connectivity index (χ3n) is 16.0. The second kappa shape index (κ2) is 41.8. The van der Waals surface area contributed by atoms with Crippen LogP contribution in [0.2, 0.25) is 0 Å². The fourth-order valence-electron chi connectivity index (χ4n) is 11.8. The van der Waals surface area contributed by atoms with E-state index in [9.17, 15) is 24.4 Å². The molecule has 3 aromatic carbocycles. The third kappa shape index (κ3) is 22.1. The van der Waals surface area contributed by atoms with Gasteiger partial charge in [-0.25, -0.2) is 0 Å². The molecule has 11 rings (SSSR count). The number of hydrogen-bond donors (Lipinski definition) is 6. The average Bonchev–Trinajstić information content (AvgIpc) is 1.41. The number of nitrogens with one attached hydrogen (secondary N) is 1. The van der Waals surface area contributed by atoms with E-state index >= 15 is 0 Å². The van der Waals surface area contributed by atoms with Gasteiger partial charge in [0.1, 0.15) is 0 Å². The van der Waals surface area contributed by atoms with E-state index in [2.05, 4.69) is 87.8 Å². The van der Waals surface area contributed by atoms with Crippen LogP contribution in [0.25, 0.3) is 21.8 Å². The van der Waals surface area contributed by atoms with Gasteiger partial charge >= 0.3 is 21.4 Å². The standard InChI is InChI=1S/C32H38BN5O4.C16H27BN2O3.C6H7BO2.3CHO.5CH4.ClH.Re/c39-31(34-21-32(40)38-20-8-13-30(38)33(41)42)14-2-1-7-19-37(22-26-17-15-24-9-3-5-11-28(24)35-26)23-27-18-16-25-10-4-6-12-29(25)36-27;1-15(2)10-7-11(15)16(3)12(8-10)21-17(22-16)13-5-4-6-19(13)14(20)9-18;8-7(9)6-4-2-1-3-5-6;3*1-2;;;;;;;/h3-6,9-12,15-18,30,41-42H,1-2,7-8,13-14,19-23H2,(H,34,39);10-13H,4-9,18H2,1-3H3;1-5,8-9H;3*1H;5*1H4;1H;/q;;;3*-1;;;;;;;/t30-;10-,11?,12+,13-,16-;;;;;;;;;;;/m00.........../s1. The Kier molecular flexibility index (Phi) is 41.3. The molecule has 477 valence electrons. The van der Waals surface area contributed by atoms with Crippen molar-refractivity contribution in [3.8, 4) is 0 Å². The summed E-state index contributed by atoms with van der Waals surface area (Å²) in [4.78, 5) is 75.5. The maximum Gasteiger partial charge on any atom is 0.488 e. The second-order valence-electron chi connectivity index (χ2n) is 21.1. The fraction of sp³-hybridized carbons (Fsp3) is 0.516. The second-order valence-corrected chi connectivity index (χ2v) is 21.1. The number of para-hydroxylation sites is 2. The molecule has 2 bridgehead atoms. The summed E-state index contributed by atoms with van der Waals surface area (Å²) in [6.07, 6.45) is 8.64. The van der Waals surface area contributed by atoms with Gasteiger partial charge in [0.2, 0.25) is 17.7 Å². The van der Waals surface area contributed by atoms with Crippen molar-refractivity contribution < 1.29 is 78.6 Å². The van der Waals surface area contributed by atoms with E-state index in [1.165, 1.54) is 11.3 Å². The molecule has 7 N–H and O–H groups in total. The Morgan fingerprint density at radius 3 is 1.74 bits per heavy atom. The van der Waals surface area contributed by atoms with Gasteiger partial charge in [-0.2, -0.15) is 0 Å². The Bertz CT molecular complexity index is 2650. The summed E-state index contributed by atoms with van der Waals surface area (Å²) in [6.45, 7) is 20.2. The van der Waals surface area contributed by atoms with Crippen molar-refractivity contribution in [2.75, 3.05) is 32.7 Å². The van der Waals surface area contributed by atoms with Crippen LogP contribution < -0.4 is 16.5 Å². The molecule has 2 aromatic heterocycles. The van der Waals surface area contributed by atoms with E-state index < -0.39 is 20.2 Å². The number of halogens is 1. The summed E-state index contributed by atoms with van der Waals surface area (Å²) in [6, 6.07) is 33.3. The Morgan fingerprint density at radius 2 is 1.23 bits per heavy atom. The largest absolute Gasteiger partial charge is 0.545 e. The summed E-state index contributed by atoms with van der Waals surface area (Å²) in [5, 5.41) is 41.0. The first-order chi connectivity index (χ1) is 38.1. The predicted molar refractivity (Wildman–Crippen MR) is 345 cm³/mol. The first-order valence-corrected chi connectivity index (χ1v) is 26.9. The molecule has 3 amide bonds. The molecule has 5 aromatic rings. The number of carbonyl (C=O) groups is 3. The Morgan fingerprint density at radius 1 is 0.709 bits per heavy atom. The van der Waals surface area contributed by atoms with Gasteiger partial charge in [-0.05, 0) is 112 Å². The zero-order chi connectivity index (χ0) is 57.7. The maximum atomic E-state index is 12.4. The topological polar surface area (TPSA) is 275 Å². The number of likely N-dealkylation sites (tertiary alicyclic amines) is 2. The molecule has 6 fully saturated rings. The van der Waals surface area contributed by atoms with Gasteiger partial charge < -0.3 is 64.6 Å². The maximum absolute atomic E-state index is 12.4. The minimum atomic E-state index is -1.55. The number of aromatic nitrogens is 2. The van der Waals surface area contributed by atoms with Crippen LogP contribution >= 0.6 is 12.4 Å². The molecule has 3 aliphatic heterocycles. The molecule has 3 aliphatic carbocycles. The van der Waals surface area contributed by atoms with E-state index in [1.807, 2.05) is 47.4 Å². The predicted octanol–water partition coefficient (Wildman–Crippen LogP) is 6.81. The van der Waals surface area contributed by atoms with Crippen molar-refractivity contribution in [2.24, 2.45) is 23.0 Å². The zero-order valence-electron chi connectivity index (χ0n) is 46.3. The number of rotatable bonds is 16. The van der Waals surface area contributed by atoms with Crippen molar-refractivity contribution in [3.05, 3.63) is 115 Å². The minimum Gasteiger partial charge on any atom is -0.545 e. The molecule has 1 radical (unpaired) electrons. The Hall–Kier alpha value is -5.27. The first kappa shape index (κ1) is 84.9. The van der Waals surface area contributed by atoms with Crippen LogP contribution in [-0.4, -0.2) is 161 Å². The normalized spacial score (nSPS) is 20.1. The molecular formula is C62H96B3ClN7O12Re-3. The monoisotopic (exact) mass is 1390 g/mol. The van der Waals surface area contributed by atoms with E-state index in [4.69, 9.17) is 49.4 Å². The van der Waals surface area contributed by atoms with E-state index in [-0.39, 0.29) is 126 Å². The van der Waals surface area contributed by atoms with E-state index in [1.54, 1.807) is 24.3 Å². The molecule has 0 spiro atoms. The molecule has 86 heavy (non-hydrogen) atoms. The number of benzene rings is 3. The third-order valence-corrected chi connectivity index (χ3v) is 16.0. The van der Waals surface area contributed by atoms with Crippen LogP contribution in [0.4, 0.5) is 0 Å². The first-order valence-electron chi connectivity index (χ1n) is 26.9. The zero-order valence-corrected chi connectivity index (χ0v) is 49.9. The number of hydrogen-bond acceptors (Lipinski definition) is 16. The number of unbranched alkanes of at least 4 members (excludes halogenated alkanes) is 2. The van der Waals surface area contributed by atoms with Gasteiger partial charge in [-0.1, -0.05) is 136 Å². The van der Waals surface area contributed by atoms with Crippen LogP contribution in [0.3, 0.4) is 0 Å². The number of carbonyl (C=O) groups excluding carboxylic acids is 6. The van der Waals surface area contributed by atoms with Gasteiger partial charge in [0, 0.05) is 63.8 Å². The molecule has 5 heterocycles. The summed E-state index contributed by atoms with van der Waals surface area (Å²) >= 11 is 0. The molecule has 6 aliphatic rings. The van der Waals surface area contributed by atoms with Gasteiger partial charge in [-0.15, -0.1) is 12.4 Å². The number of fused-ring (bicyclic) bond motifs is 2. The van der Waals surface area contributed by atoms with Crippen molar-refractivity contribution >= 4 is 99.1 Å². The summed E-state index contributed by atoms with van der Waals surface area (Å²) in [5.41, 5.74) is 10.2. The molecule has 3 saturated heterocycles. The fourth-order valence-corrected chi connectivity index (χ4v) is 11.8. The summed E-state index contributed by atoms with van der Waals surface area (Å²) < 4.78 is 12.8. The minimum absolute atomic E-state index is 0. The Labute approximate surface area is 533 Å². The molecule has 1 unspecified atom stereocenters. The van der Waals surface area contributed by atoms with Crippen LogP contribution in [-0.2, 0) is 71.6 Å². The van der Waals surface area contributed by atoms with Crippen molar-refractivity contribution in [1.29, 1.82) is 0 Å². The molecule has 19 nitrogen and oxygen atoms in total. The summed E-state index contributed by atoms with van der Waals surface area (Å²) in [5.74, 6) is 0.336. The number of pyridine rings is 2. The van der Waals surface area contributed by atoms with Crippen LogP contribution in [0.5, 0.6) is 0 Å². The molecule has 3 saturated carbocycles. The molecule has 6 atom stereocenters. The smallest absolute Gasteiger partial charge is 0.488 e.